The van der Waals surface area contributed by atoms with Gasteiger partial charge >= 0.3 is 0 Å². The van der Waals surface area contributed by atoms with Crippen molar-refractivity contribution in [1.82, 2.24) is 4.98 Å². The van der Waals surface area contributed by atoms with Crippen LogP contribution in [-0.4, -0.2) is 4.98 Å². The number of hydrogen-bond acceptors (Lipinski definition) is 2. The highest BCUT2D eigenvalue weighted by Crippen LogP contribution is 2.26. The van der Waals surface area contributed by atoms with E-state index in [2.05, 4.69) is 36.2 Å². The van der Waals surface area contributed by atoms with Crippen molar-refractivity contribution in [3.63, 3.8) is 0 Å². The molecular weight excluding hydrogens is 196 g/mol. The fourth-order valence-electron chi connectivity index (χ4n) is 1.94. The van der Waals surface area contributed by atoms with Crippen LogP contribution in [0, 0.1) is 0 Å². The molecule has 2 rings (SSSR count). The molecule has 2 aromatic rings. The Hall–Kier alpha value is -1.67. The van der Waals surface area contributed by atoms with Gasteiger partial charge in [0.05, 0.1) is 0 Å². The zero-order valence-corrected chi connectivity index (χ0v) is 9.48. The second-order valence-electron chi connectivity index (χ2n) is 3.75. The summed E-state index contributed by atoms with van der Waals surface area (Å²) < 4.78 is 0. The lowest BCUT2D eigenvalue weighted by Crippen LogP contribution is -2.00. The molecule has 1 aromatic carbocycles. The summed E-state index contributed by atoms with van der Waals surface area (Å²) in [6.07, 6.45) is 4.70. The summed E-state index contributed by atoms with van der Waals surface area (Å²) in [6, 6.07) is 10.5. The molecular formula is C14H16N2. The fourth-order valence-corrected chi connectivity index (χ4v) is 1.94. The van der Waals surface area contributed by atoms with Crippen molar-refractivity contribution in [3.8, 4) is 11.1 Å². The minimum atomic E-state index is 0.529. The average Bonchev–Trinajstić information content (AvgIpc) is 2.38. The Balaban J connectivity index is 2.58. The zero-order chi connectivity index (χ0) is 11.4. The molecule has 2 heteroatoms. The number of rotatable bonds is 3. The van der Waals surface area contributed by atoms with E-state index >= 15 is 0 Å². The largest absolute Gasteiger partial charge is 0.326 e. The van der Waals surface area contributed by atoms with E-state index in [9.17, 15) is 0 Å². The molecule has 0 unspecified atom stereocenters. The van der Waals surface area contributed by atoms with E-state index in [1.807, 2.05) is 18.5 Å². The molecule has 0 aliphatic heterocycles. The highest BCUT2D eigenvalue weighted by atomic mass is 14.6. The number of aryl methyl sites for hydroxylation is 1. The van der Waals surface area contributed by atoms with Crippen molar-refractivity contribution in [3.05, 3.63) is 53.9 Å². The molecule has 0 aliphatic rings. The van der Waals surface area contributed by atoms with Crippen LogP contribution in [-0.2, 0) is 13.0 Å². The maximum absolute atomic E-state index is 5.74. The van der Waals surface area contributed by atoms with Crippen LogP contribution in [0.5, 0.6) is 0 Å². The van der Waals surface area contributed by atoms with E-state index < -0.39 is 0 Å². The van der Waals surface area contributed by atoms with Gasteiger partial charge in [0.1, 0.15) is 0 Å². The predicted octanol–water partition coefficient (Wildman–Crippen LogP) is 2.77. The van der Waals surface area contributed by atoms with Gasteiger partial charge in [-0.2, -0.15) is 0 Å². The van der Waals surface area contributed by atoms with Gasteiger partial charge < -0.3 is 5.73 Å². The summed E-state index contributed by atoms with van der Waals surface area (Å²) in [5.74, 6) is 0. The first kappa shape index (κ1) is 10.8. The van der Waals surface area contributed by atoms with Gasteiger partial charge in [-0.05, 0) is 34.7 Å². The van der Waals surface area contributed by atoms with Gasteiger partial charge in [-0.1, -0.05) is 31.2 Å². The van der Waals surface area contributed by atoms with Crippen molar-refractivity contribution in [2.75, 3.05) is 0 Å². The Bertz CT molecular complexity index is 432. The average molecular weight is 212 g/mol. The number of aromatic nitrogens is 1. The van der Waals surface area contributed by atoms with Gasteiger partial charge in [0.25, 0.3) is 0 Å². The van der Waals surface area contributed by atoms with Crippen molar-refractivity contribution >= 4 is 0 Å². The monoisotopic (exact) mass is 212 g/mol. The quantitative estimate of drug-likeness (QED) is 0.849. The third-order valence-corrected chi connectivity index (χ3v) is 2.81. The van der Waals surface area contributed by atoms with Crippen LogP contribution in [0.2, 0.25) is 0 Å². The van der Waals surface area contributed by atoms with Gasteiger partial charge in [0, 0.05) is 18.9 Å². The summed E-state index contributed by atoms with van der Waals surface area (Å²) in [6.45, 7) is 2.70. The number of nitrogens with two attached hydrogens (primary N) is 1. The molecule has 0 atom stereocenters. The van der Waals surface area contributed by atoms with Gasteiger partial charge in [-0.15, -0.1) is 0 Å². The van der Waals surface area contributed by atoms with E-state index in [1.54, 1.807) is 0 Å². The Morgan fingerprint density at radius 3 is 2.56 bits per heavy atom. The molecule has 1 heterocycles. The first-order valence-corrected chi connectivity index (χ1v) is 5.58. The van der Waals surface area contributed by atoms with Crippen LogP contribution in [0.15, 0.2) is 42.7 Å². The molecule has 0 fully saturated rings. The second-order valence-corrected chi connectivity index (χ2v) is 3.75. The Kier molecular flexibility index (Phi) is 3.32. The molecule has 0 spiro atoms. The summed E-state index contributed by atoms with van der Waals surface area (Å²) in [4.78, 5) is 4.12. The molecule has 82 valence electrons. The molecule has 2 nitrogen and oxygen atoms in total. The van der Waals surface area contributed by atoms with Crippen LogP contribution >= 0.6 is 0 Å². The van der Waals surface area contributed by atoms with Gasteiger partial charge in [0.2, 0.25) is 0 Å². The number of pyridine rings is 1. The van der Waals surface area contributed by atoms with Crippen molar-refractivity contribution in [2.24, 2.45) is 5.73 Å². The zero-order valence-electron chi connectivity index (χ0n) is 9.48. The fraction of sp³-hybridized carbons (Fsp3) is 0.214. The number of benzene rings is 1. The van der Waals surface area contributed by atoms with E-state index in [1.165, 1.54) is 16.7 Å². The van der Waals surface area contributed by atoms with Crippen LogP contribution < -0.4 is 5.73 Å². The van der Waals surface area contributed by atoms with Gasteiger partial charge in [0.15, 0.2) is 0 Å². The van der Waals surface area contributed by atoms with Crippen LogP contribution in [0.4, 0.5) is 0 Å². The van der Waals surface area contributed by atoms with Crippen molar-refractivity contribution in [1.29, 1.82) is 0 Å². The SMILES string of the molecule is CCc1ccccc1-c1ccncc1CN. The number of hydrogen-bond donors (Lipinski definition) is 1. The molecule has 2 N–H and O–H groups in total. The van der Waals surface area contributed by atoms with Crippen molar-refractivity contribution in [2.45, 2.75) is 19.9 Å². The third-order valence-electron chi connectivity index (χ3n) is 2.81. The third kappa shape index (κ3) is 1.97. The normalized spacial score (nSPS) is 10.4. The van der Waals surface area contributed by atoms with Crippen LogP contribution in [0.3, 0.4) is 0 Å². The first-order chi connectivity index (χ1) is 7.86. The Morgan fingerprint density at radius 2 is 1.81 bits per heavy atom. The van der Waals surface area contributed by atoms with Crippen LogP contribution in [0.25, 0.3) is 11.1 Å². The minimum Gasteiger partial charge on any atom is -0.326 e. The summed E-state index contributed by atoms with van der Waals surface area (Å²) in [5, 5.41) is 0. The second kappa shape index (κ2) is 4.90. The summed E-state index contributed by atoms with van der Waals surface area (Å²) >= 11 is 0. The molecule has 0 saturated carbocycles. The molecule has 0 amide bonds. The highest BCUT2D eigenvalue weighted by Gasteiger charge is 2.06. The van der Waals surface area contributed by atoms with E-state index in [0.717, 1.165) is 12.0 Å². The lowest BCUT2D eigenvalue weighted by molar-refractivity contribution is 1.05. The highest BCUT2D eigenvalue weighted by molar-refractivity contribution is 5.70. The Morgan fingerprint density at radius 1 is 1.06 bits per heavy atom. The van der Waals surface area contributed by atoms with Crippen molar-refractivity contribution < 1.29 is 0 Å². The van der Waals surface area contributed by atoms with E-state index in [4.69, 9.17) is 5.73 Å². The smallest absolute Gasteiger partial charge is 0.0318 e. The molecule has 0 aliphatic carbocycles. The molecule has 0 bridgehead atoms. The van der Waals surface area contributed by atoms with Gasteiger partial charge in [-0.3, -0.25) is 4.98 Å². The molecule has 0 saturated heterocycles. The van der Waals surface area contributed by atoms with E-state index in [0.29, 0.717) is 6.54 Å². The topological polar surface area (TPSA) is 38.9 Å². The number of nitrogens with zero attached hydrogens (tertiary/aromatic N) is 1. The van der Waals surface area contributed by atoms with Gasteiger partial charge in [-0.25, -0.2) is 0 Å². The lowest BCUT2D eigenvalue weighted by Gasteiger charge is -2.11. The minimum absolute atomic E-state index is 0.529. The lowest BCUT2D eigenvalue weighted by atomic mass is 9.96. The molecule has 16 heavy (non-hydrogen) atoms. The standard InChI is InChI=1S/C14H16N2/c1-2-11-5-3-4-6-13(11)14-7-8-16-10-12(14)9-15/h3-8,10H,2,9,15H2,1H3. The van der Waals surface area contributed by atoms with E-state index in [-0.39, 0.29) is 0 Å². The summed E-state index contributed by atoms with van der Waals surface area (Å²) in [7, 11) is 0. The first-order valence-electron chi connectivity index (χ1n) is 5.58. The molecule has 1 aromatic heterocycles. The van der Waals surface area contributed by atoms with Crippen LogP contribution in [0.1, 0.15) is 18.1 Å². The maximum Gasteiger partial charge on any atom is 0.0318 e. The summed E-state index contributed by atoms with van der Waals surface area (Å²) in [5.41, 5.74) is 10.7. The predicted molar refractivity (Wildman–Crippen MR) is 66.9 cm³/mol. The maximum atomic E-state index is 5.74. The Labute approximate surface area is 96.1 Å². The molecule has 0 radical (unpaired) electrons.